The molecule has 1 saturated heterocycles. The van der Waals surface area contributed by atoms with Gasteiger partial charge in [0.25, 0.3) is 0 Å². The molecule has 1 N–H and O–H groups in total. The maximum absolute atomic E-state index is 12.9. The topological polar surface area (TPSA) is 49.0 Å². The van der Waals surface area contributed by atoms with E-state index in [-0.39, 0.29) is 11.9 Å². The lowest BCUT2D eigenvalue weighted by atomic mass is 9.81. The van der Waals surface area contributed by atoms with Crippen molar-refractivity contribution in [3.05, 3.63) is 53.6 Å². The SMILES string of the molecule is O=C(C[C@H]1CCCc2ccccc21)N1CCC[C@@H]1c1ncc[nH]1. The van der Waals surface area contributed by atoms with E-state index < -0.39 is 0 Å². The molecule has 120 valence electrons. The molecular weight excluding hydrogens is 286 g/mol. The van der Waals surface area contributed by atoms with Crippen LogP contribution in [-0.2, 0) is 11.2 Å². The first kappa shape index (κ1) is 14.5. The van der Waals surface area contributed by atoms with E-state index in [1.54, 1.807) is 6.20 Å². The Morgan fingerprint density at radius 3 is 3.04 bits per heavy atom. The predicted molar refractivity (Wildman–Crippen MR) is 89.0 cm³/mol. The van der Waals surface area contributed by atoms with Gasteiger partial charge in [-0.3, -0.25) is 4.79 Å². The number of aryl methyl sites for hydroxylation is 1. The number of nitrogens with zero attached hydrogens (tertiary/aromatic N) is 2. The van der Waals surface area contributed by atoms with E-state index in [1.807, 2.05) is 11.1 Å². The Kier molecular flexibility index (Phi) is 3.90. The van der Waals surface area contributed by atoms with Gasteiger partial charge in [0.1, 0.15) is 5.82 Å². The highest BCUT2D eigenvalue weighted by molar-refractivity contribution is 5.78. The van der Waals surface area contributed by atoms with Crippen LogP contribution < -0.4 is 0 Å². The smallest absolute Gasteiger partial charge is 0.223 e. The maximum Gasteiger partial charge on any atom is 0.223 e. The number of fused-ring (bicyclic) bond motifs is 1. The molecule has 4 nitrogen and oxygen atoms in total. The molecule has 1 fully saturated rings. The summed E-state index contributed by atoms with van der Waals surface area (Å²) >= 11 is 0. The Hall–Kier alpha value is -2.10. The molecule has 2 heterocycles. The van der Waals surface area contributed by atoms with Crippen LogP contribution in [0.5, 0.6) is 0 Å². The summed E-state index contributed by atoms with van der Waals surface area (Å²) in [4.78, 5) is 22.5. The van der Waals surface area contributed by atoms with Crippen molar-refractivity contribution in [2.45, 2.75) is 50.5 Å². The molecule has 0 radical (unpaired) electrons. The summed E-state index contributed by atoms with van der Waals surface area (Å²) in [5, 5.41) is 0. The third kappa shape index (κ3) is 2.78. The monoisotopic (exact) mass is 309 g/mol. The molecule has 2 aliphatic rings. The number of hydrogen-bond acceptors (Lipinski definition) is 2. The molecule has 1 aromatic carbocycles. The molecule has 4 heteroatoms. The number of aromatic amines is 1. The molecule has 4 rings (SSSR count). The second-order valence-electron chi connectivity index (χ2n) is 6.71. The van der Waals surface area contributed by atoms with Crippen molar-refractivity contribution >= 4 is 5.91 Å². The van der Waals surface area contributed by atoms with Crippen LogP contribution in [0.2, 0.25) is 0 Å². The van der Waals surface area contributed by atoms with Crippen molar-refractivity contribution in [2.75, 3.05) is 6.54 Å². The van der Waals surface area contributed by atoms with Crippen LogP contribution in [0.3, 0.4) is 0 Å². The van der Waals surface area contributed by atoms with Crippen LogP contribution in [0.25, 0.3) is 0 Å². The normalized spacial score (nSPS) is 23.7. The van der Waals surface area contributed by atoms with Gasteiger partial charge >= 0.3 is 0 Å². The lowest BCUT2D eigenvalue weighted by Gasteiger charge is -2.29. The highest BCUT2D eigenvalue weighted by atomic mass is 16.2. The number of benzene rings is 1. The fraction of sp³-hybridized carbons (Fsp3) is 0.474. The van der Waals surface area contributed by atoms with Gasteiger partial charge in [-0.1, -0.05) is 24.3 Å². The number of H-pyrrole nitrogens is 1. The molecular formula is C19H23N3O. The number of carbonyl (C=O) groups excluding carboxylic acids is 1. The van der Waals surface area contributed by atoms with Gasteiger partial charge in [0.05, 0.1) is 6.04 Å². The first-order chi connectivity index (χ1) is 11.3. The van der Waals surface area contributed by atoms with Crippen LogP contribution in [0.1, 0.15) is 61.0 Å². The number of likely N-dealkylation sites (tertiary alicyclic amines) is 1. The second-order valence-corrected chi connectivity index (χ2v) is 6.71. The number of imidazole rings is 1. The number of rotatable bonds is 3. The number of nitrogens with one attached hydrogen (secondary N) is 1. The van der Waals surface area contributed by atoms with Gasteiger partial charge < -0.3 is 9.88 Å². The predicted octanol–water partition coefficient (Wildman–Crippen LogP) is 3.58. The molecule has 0 bridgehead atoms. The van der Waals surface area contributed by atoms with Gasteiger partial charge in [0, 0.05) is 25.4 Å². The molecule has 0 saturated carbocycles. The molecule has 1 aromatic heterocycles. The first-order valence-electron chi connectivity index (χ1n) is 8.69. The van der Waals surface area contributed by atoms with E-state index in [0.29, 0.717) is 12.3 Å². The molecule has 23 heavy (non-hydrogen) atoms. The Balaban J connectivity index is 1.50. The number of amides is 1. The largest absolute Gasteiger partial charge is 0.347 e. The Bertz CT molecular complexity index is 680. The minimum absolute atomic E-state index is 0.135. The molecule has 2 aromatic rings. The number of carbonyl (C=O) groups is 1. The van der Waals surface area contributed by atoms with Gasteiger partial charge in [0.15, 0.2) is 0 Å². The minimum atomic E-state index is 0.135. The Morgan fingerprint density at radius 1 is 1.26 bits per heavy atom. The summed E-state index contributed by atoms with van der Waals surface area (Å²) in [5.41, 5.74) is 2.82. The van der Waals surface area contributed by atoms with Gasteiger partial charge in [-0.2, -0.15) is 0 Å². The second kappa shape index (κ2) is 6.19. The highest BCUT2D eigenvalue weighted by Crippen LogP contribution is 2.36. The number of aromatic nitrogens is 2. The van der Waals surface area contributed by atoms with E-state index in [1.165, 1.54) is 17.5 Å². The van der Waals surface area contributed by atoms with Gasteiger partial charge in [0.2, 0.25) is 5.91 Å². The van der Waals surface area contributed by atoms with Crippen molar-refractivity contribution in [3.8, 4) is 0 Å². The van der Waals surface area contributed by atoms with Gasteiger partial charge in [-0.25, -0.2) is 4.98 Å². The zero-order valence-electron chi connectivity index (χ0n) is 13.4. The van der Waals surface area contributed by atoms with E-state index >= 15 is 0 Å². The fourth-order valence-corrected chi connectivity index (χ4v) is 4.20. The summed E-state index contributed by atoms with van der Waals surface area (Å²) < 4.78 is 0. The van der Waals surface area contributed by atoms with Crippen molar-refractivity contribution in [3.63, 3.8) is 0 Å². The van der Waals surface area contributed by atoms with Crippen molar-refractivity contribution in [2.24, 2.45) is 0 Å². The van der Waals surface area contributed by atoms with E-state index in [0.717, 1.165) is 38.1 Å². The van der Waals surface area contributed by atoms with Crippen LogP contribution in [0.4, 0.5) is 0 Å². The lowest BCUT2D eigenvalue weighted by molar-refractivity contribution is -0.132. The zero-order chi connectivity index (χ0) is 15.6. The zero-order valence-corrected chi connectivity index (χ0v) is 13.4. The van der Waals surface area contributed by atoms with Gasteiger partial charge in [-0.05, 0) is 49.1 Å². The summed E-state index contributed by atoms with van der Waals surface area (Å²) in [6.45, 7) is 0.860. The Morgan fingerprint density at radius 2 is 2.17 bits per heavy atom. The fourth-order valence-electron chi connectivity index (χ4n) is 4.20. The van der Waals surface area contributed by atoms with E-state index in [2.05, 4.69) is 34.2 Å². The van der Waals surface area contributed by atoms with Crippen molar-refractivity contribution < 1.29 is 4.79 Å². The van der Waals surface area contributed by atoms with Crippen LogP contribution in [0.15, 0.2) is 36.7 Å². The highest BCUT2D eigenvalue weighted by Gasteiger charge is 2.33. The molecule has 1 amide bonds. The van der Waals surface area contributed by atoms with Crippen LogP contribution in [-0.4, -0.2) is 27.3 Å². The summed E-state index contributed by atoms with van der Waals surface area (Å²) in [7, 11) is 0. The lowest BCUT2D eigenvalue weighted by Crippen LogP contribution is -2.32. The molecule has 1 aliphatic carbocycles. The molecule has 1 aliphatic heterocycles. The van der Waals surface area contributed by atoms with Gasteiger partial charge in [-0.15, -0.1) is 0 Å². The number of hydrogen-bond donors (Lipinski definition) is 1. The van der Waals surface area contributed by atoms with Crippen molar-refractivity contribution in [1.29, 1.82) is 0 Å². The summed E-state index contributed by atoms with van der Waals surface area (Å²) in [6.07, 6.45) is 9.80. The maximum atomic E-state index is 12.9. The third-order valence-electron chi connectivity index (χ3n) is 5.32. The van der Waals surface area contributed by atoms with Crippen molar-refractivity contribution in [1.82, 2.24) is 14.9 Å². The standard InChI is InChI=1S/C19H23N3O/c23-18(22-12-4-9-17(22)19-20-10-11-21-19)13-15-7-3-6-14-5-1-2-8-16(14)15/h1-2,5,8,10-11,15,17H,3-4,6-7,9,12-13H2,(H,20,21)/t15-,17-/m1/s1. The molecule has 0 spiro atoms. The quantitative estimate of drug-likeness (QED) is 0.942. The van der Waals surface area contributed by atoms with Crippen LogP contribution in [0, 0.1) is 0 Å². The first-order valence-corrected chi connectivity index (χ1v) is 8.69. The Labute approximate surface area is 136 Å². The summed E-state index contributed by atoms with van der Waals surface area (Å²) in [5.74, 6) is 1.59. The van der Waals surface area contributed by atoms with Crippen LogP contribution >= 0.6 is 0 Å². The minimum Gasteiger partial charge on any atom is -0.347 e. The van der Waals surface area contributed by atoms with E-state index in [9.17, 15) is 4.79 Å². The molecule has 0 unspecified atom stereocenters. The average molecular weight is 309 g/mol. The molecule has 2 atom stereocenters. The average Bonchev–Trinajstić information content (AvgIpc) is 3.26. The summed E-state index contributed by atoms with van der Waals surface area (Å²) in [6, 6.07) is 8.77. The third-order valence-corrected chi connectivity index (χ3v) is 5.32. The van der Waals surface area contributed by atoms with E-state index in [4.69, 9.17) is 0 Å².